The van der Waals surface area contributed by atoms with E-state index in [0.717, 1.165) is 0 Å². The second-order valence-corrected chi connectivity index (χ2v) is 4.58. The number of ether oxygens (including phenoxy) is 2. The van der Waals surface area contributed by atoms with E-state index in [1.54, 1.807) is 19.1 Å². The van der Waals surface area contributed by atoms with Crippen LogP contribution < -0.4 is 4.74 Å². The number of carbonyl (C=O) groups excluding carboxylic acids is 2. The van der Waals surface area contributed by atoms with E-state index in [2.05, 4.69) is 9.78 Å². The molecule has 0 fully saturated rings. The summed E-state index contributed by atoms with van der Waals surface area (Å²) in [7, 11) is 0. The van der Waals surface area contributed by atoms with Crippen LogP contribution in [0.3, 0.4) is 0 Å². The van der Waals surface area contributed by atoms with Gasteiger partial charge >= 0.3 is 17.7 Å². The van der Waals surface area contributed by atoms with Gasteiger partial charge in [-0.1, -0.05) is 6.92 Å². The van der Waals surface area contributed by atoms with Crippen molar-refractivity contribution in [1.82, 2.24) is 0 Å². The molecule has 0 radical (unpaired) electrons. The van der Waals surface area contributed by atoms with Gasteiger partial charge in [-0.05, 0) is 31.2 Å². The van der Waals surface area contributed by atoms with Crippen molar-refractivity contribution in [1.29, 1.82) is 0 Å². The highest BCUT2D eigenvalue weighted by Gasteiger charge is 2.48. The number of rotatable bonds is 5. The Bertz CT molecular complexity index is 569. The van der Waals surface area contributed by atoms with Crippen molar-refractivity contribution in [3.63, 3.8) is 0 Å². The van der Waals surface area contributed by atoms with Gasteiger partial charge in [0.1, 0.15) is 5.75 Å². The first-order valence-corrected chi connectivity index (χ1v) is 6.67. The van der Waals surface area contributed by atoms with Gasteiger partial charge in [-0.15, -0.1) is 0 Å². The zero-order chi connectivity index (χ0) is 16.4. The topological polar surface area (TPSA) is 112 Å². The van der Waals surface area contributed by atoms with Crippen LogP contribution >= 0.6 is 0 Å². The molecule has 8 heteroatoms. The Morgan fingerprint density at radius 1 is 1.23 bits per heavy atom. The van der Waals surface area contributed by atoms with E-state index >= 15 is 0 Å². The summed E-state index contributed by atoms with van der Waals surface area (Å²) in [5.74, 6) is -7.03. The van der Waals surface area contributed by atoms with Gasteiger partial charge in [0.2, 0.25) is 0 Å². The third-order valence-corrected chi connectivity index (χ3v) is 3.16. The zero-order valence-electron chi connectivity index (χ0n) is 12.1. The van der Waals surface area contributed by atoms with E-state index in [0.29, 0.717) is 0 Å². The number of carbonyl (C=O) groups is 2. The largest absolute Gasteiger partial charge is 0.448 e. The van der Waals surface area contributed by atoms with E-state index in [-0.39, 0.29) is 24.3 Å². The summed E-state index contributed by atoms with van der Waals surface area (Å²) >= 11 is 0. The lowest BCUT2D eigenvalue weighted by Crippen LogP contribution is -2.47. The maximum atomic E-state index is 11.9. The van der Waals surface area contributed by atoms with Crippen molar-refractivity contribution < 1.29 is 39.1 Å². The molecule has 0 saturated heterocycles. The summed E-state index contributed by atoms with van der Waals surface area (Å²) in [6, 6.07) is 6.02. The van der Waals surface area contributed by atoms with Crippen LogP contribution in [0.5, 0.6) is 5.75 Å². The van der Waals surface area contributed by atoms with Crippen LogP contribution in [0.1, 0.15) is 25.8 Å². The van der Waals surface area contributed by atoms with Crippen LogP contribution in [-0.2, 0) is 29.9 Å². The maximum absolute atomic E-state index is 11.9. The first-order chi connectivity index (χ1) is 10.4. The van der Waals surface area contributed by atoms with E-state index in [4.69, 9.17) is 9.47 Å². The van der Waals surface area contributed by atoms with E-state index < -0.39 is 23.5 Å². The highest BCUT2D eigenvalue weighted by Crippen LogP contribution is 2.34. The third-order valence-electron chi connectivity index (χ3n) is 3.16. The highest BCUT2D eigenvalue weighted by atomic mass is 17.2. The molecule has 0 aromatic heterocycles. The fourth-order valence-corrected chi connectivity index (χ4v) is 1.88. The average molecular weight is 312 g/mol. The molecule has 0 saturated carbocycles. The Hall–Kier alpha value is -2.16. The number of aliphatic hydroxyl groups is 2. The molecule has 2 aliphatic rings. The van der Waals surface area contributed by atoms with E-state index in [9.17, 15) is 19.8 Å². The van der Waals surface area contributed by atoms with Crippen LogP contribution in [0.2, 0.25) is 0 Å². The summed E-state index contributed by atoms with van der Waals surface area (Å²) < 4.78 is 9.89. The molecule has 0 aliphatic carbocycles. The number of benzene rings is 1. The van der Waals surface area contributed by atoms with Crippen LogP contribution in [0.4, 0.5) is 0 Å². The first-order valence-electron chi connectivity index (χ1n) is 6.67. The van der Waals surface area contributed by atoms with Gasteiger partial charge in [-0.25, -0.2) is 19.4 Å². The van der Waals surface area contributed by atoms with Crippen molar-refractivity contribution in [2.75, 3.05) is 6.61 Å². The number of hydrogen-bond acceptors (Lipinski definition) is 8. The minimum Gasteiger partial charge on any atom is -0.448 e. The summed E-state index contributed by atoms with van der Waals surface area (Å²) in [5.41, 5.74) is 0.124. The highest BCUT2D eigenvalue weighted by molar-refractivity contribution is 5.82. The molecular formula is C14H16O8. The van der Waals surface area contributed by atoms with Crippen LogP contribution in [0.15, 0.2) is 24.3 Å². The predicted octanol–water partition coefficient (Wildman–Crippen LogP) is 0.361. The average Bonchev–Trinajstić information content (AvgIpc) is 2.53. The molecule has 120 valence electrons. The monoisotopic (exact) mass is 312 g/mol. The molecule has 8 nitrogen and oxygen atoms in total. The summed E-state index contributed by atoms with van der Waals surface area (Å²) in [6.07, 6.45) is -0.112. The summed E-state index contributed by atoms with van der Waals surface area (Å²) in [6.45, 7) is 3.10. The molecule has 2 heterocycles. The Morgan fingerprint density at radius 2 is 1.86 bits per heavy atom. The molecule has 1 aromatic rings. The lowest BCUT2D eigenvalue weighted by atomic mass is 10.0. The molecule has 2 bridgehead atoms. The molecule has 2 aliphatic heterocycles. The van der Waals surface area contributed by atoms with Gasteiger partial charge in [0.25, 0.3) is 5.79 Å². The zero-order valence-corrected chi connectivity index (χ0v) is 12.1. The van der Waals surface area contributed by atoms with Crippen LogP contribution in [0, 0.1) is 0 Å². The Balaban J connectivity index is 2.01. The third kappa shape index (κ3) is 2.76. The van der Waals surface area contributed by atoms with Crippen molar-refractivity contribution >= 4 is 11.9 Å². The smallest absolute Gasteiger partial charge is 0.431 e. The second-order valence-electron chi connectivity index (χ2n) is 4.58. The molecule has 2 unspecified atom stereocenters. The molecule has 22 heavy (non-hydrogen) atoms. The van der Waals surface area contributed by atoms with Crippen LogP contribution in [0.25, 0.3) is 0 Å². The lowest BCUT2D eigenvalue weighted by Gasteiger charge is -2.30. The van der Waals surface area contributed by atoms with Crippen molar-refractivity contribution in [2.24, 2.45) is 0 Å². The SMILES string of the molecule is CCOC(O)(CC)C(=O)OOC(=O)C1(O)Oc2ccc1cc2. The molecular weight excluding hydrogens is 296 g/mol. The summed E-state index contributed by atoms with van der Waals surface area (Å²) in [5, 5.41) is 20.0. The molecule has 1 aromatic carbocycles. The molecule has 0 spiro atoms. The first kappa shape index (κ1) is 16.2. The standard InChI is InChI=1S/C14H16O8/c1-3-13(17,19-4-2)11(15)21-22-12(16)14(18)9-5-7-10(20-14)8-6-9/h5-8,17-18H,3-4H2,1-2H3. The van der Waals surface area contributed by atoms with Crippen molar-refractivity contribution in [3.8, 4) is 5.75 Å². The van der Waals surface area contributed by atoms with E-state index in [1.165, 1.54) is 19.1 Å². The lowest BCUT2D eigenvalue weighted by molar-refractivity contribution is -0.312. The second kappa shape index (κ2) is 5.91. The molecule has 3 rings (SSSR count). The minimum atomic E-state index is -2.39. The van der Waals surface area contributed by atoms with Gasteiger partial charge in [-0.2, -0.15) is 0 Å². The fraction of sp³-hybridized carbons (Fsp3) is 0.429. The van der Waals surface area contributed by atoms with Crippen LogP contribution in [-0.4, -0.2) is 34.5 Å². The van der Waals surface area contributed by atoms with Gasteiger partial charge in [0.05, 0.1) is 0 Å². The Kier molecular flexibility index (Phi) is 4.36. The van der Waals surface area contributed by atoms with Gasteiger partial charge in [0.15, 0.2) is 0 Å². The van der Waals surface area contributed by atoms with Gasteiger partial charge < -0.3 is 19.7 Å². The maximum Gasteiger partial charge on any atom is 0.431 e. The van der Waals surface area contributed by atoms with Gasteiger partial charge in [0, 0.05) is 18.6 Å². The van der Waals surface area contributed by atoms with Crippen molar-refractivity contribution in [3.05, 3.63) is 29.8 Å². The number of fused-ring (bicyclic) bond motifs is 3. The molecule has 0 amide bonds. The Labute approximate surface area is 126 Å². The quantitative estimate of drug-likeness (QED) is 0.455. The summed E-state index contributed by atoms with van der Waals surface area (Å²) in [4.78, 5) is 32.1. The predicted molar refractivity (Wildman–Crippen MR) is 70.0 cm³/mol. The molecule has 2 atom stereocenters. The normalized spacial score (nSPS) is 21.6. The Morgan fingerprint density at radius 3 is 2.32 bits per heavy atom. The number of hydrogen-bond donors (Lipinski definition) is 2. The van der Waals surface area contributed by atoms with Gasteiger partial charge in [-0.3, -0.25) is 0 Å². The minimum absolute atomic E-state index is 0.0479. The fourth-order valence-electron chi connectivity index (χ4n) is 1.88. The van der Waals surface area contributed by atoms with E-state index in [1.807, 2.05) is 0 Å². The van der Waals surface area contributed by atoms with Crippen molar-refractivity contribution in [2.45, 2.75) is 31.8 Å². The molecule has 2 N–H and O–H groups in total.